The first-order chi connectivity index (χ1) is 9.32. The number of hydrogen-bond donors (Lipinski definition) is 1. The Bertz CT molecular complexity index is 371. The van der Waals surface area contributed by atoms with E-state index >= 15 is 0 Å². The van der Waals surface area contributed by atoms with Gasteiger partial charge in [-0.3, -0.25) is 0 Å². The van der Waals surface area contributed by atoms with E-state index in [2.05, 4.69) is 45.4 Å². The number of rotatable bonds is 6. The summed E-state index contributed by atoms with van der Waals surface area (Å²) in [5.41, 5.74) is 1.30. The highest BCUT2D eigenvalue weighted by Gasteiger charge is 2.24. The van der Waals surface area contributed by atoms with Crippen molar-refractivity contribution in [2.75, 3.05) is 27.7 Å². The Labute approximate surface area is 122 Å². The van der Waals surface area contributed by atoms with Crippen LogP contribution in [0.1, 0.15) is 37.8 Å². The van der Waals surface area contributed by atoms with E-state index in [1.54, 1.807) is 6.92 Å². The topological polar surface area (TPSA) is 60.4 Å². The maximum atomic E-state index is 9.49. The van der Waals surface area contributed by atoms with E-state index in [9.17, 15) is 9.90 Å². The molecule has 4 nitrogen and oxygen atoms in total. The minimum atomic E-state index is -0.961. The number of aliphatic hydroxyl groups excluding tert-OH is 1. The van der Waals surface area contributed by atoms with Crippen LogP contribution in [-0.2, 0) is 4.79 Å². The van der Waals surface area contributed by atoms with Gasteiger partial charge in [-0.1, -0.05) is 43.7 Å². The van der Waals surface area contributed by atoms with Crippen LogP contribution in [0, 0.1) is 0 Å². The summed E-state index contributed by atoms with van der Waals surface area (Å²) in [6, 6.07) is 10.8. The third-order valence-corrected chi connectivity index (χ3v) is 2.98. The number of nitrogens with zero attached hydrogens (tertiary/aromatic N) is 1. The molecule has 1 unspecified atom stereocenters. The highest BCUT2D eigenvalue weighted by Crippen LogP contribution is 2.25. The molecular weight excluding hydrogens is 254 g/mol. The predicted molar refractivity (Wildman–Crippen MR) is 78.8 cm³/mol. The summed E-state index contributed by atoms with van der Waals surface area (Å²) in [7, 11) is 6.48. The SMILES string of the molecule is CCCC(=O)[O-].C[N+](C)(C)C(CCO)c1ccccc1. The molecule has 0 aliphatic heterocycles. The number of carboxylic acid groups (broad SMARTS) is 1. The zero-order valence-corrected chi connectivity index (χ0v) is 13.0. The van der Waals surface area contributed by atoms with Gasteiger partial charge in [0.2, 0.25) is 0 Å². The van der Waals surface area contributed by atoms with Crippen LogP contribution < -0.4 is 5.11 Å². The molecule has 0 aromatic heterocycles. The van der Waals surface area contributed by atoms with Crippen LogP contribution in [0.3, 0.4) is 0 Å². The first-order valence-electron chi connectivity index (χ1n) is 6.99. The smallest absolute Gasteiger partial charge is 0.116 e. The van der Waals surface area contributed by atoms with E-state index in [1.807, 2.05) is 6.07 Å². The molecule has 1 atom stereocenters. The second-order valence-corrected chi connectivity index (χ2v) is 5.68. The highest BCUT2D eigenvalue weighted by atomic mass is 16.4. The fourth-order valence-corrected chi connectivity index (χ4v) is 2.00. The molecule has 0 amide bonds. The fourth-order valence-electron chi connectivity index (χ4n) is 2.00. The van der Waals surface area contributed by atoms with E-state index < -0.39 is 5.97 Å². The quantitative estimate of drug-likeness (QED) is 0.801. The van der Waals surface area contributed by atoms with Gasteiger partial charge in [0, 0.05) is 24.6 Å². The number of carbonyl (C=O) groups is 1. The summed E-state index contributed by atoms with van der Waals surface area (Å²) in [5, 5.41) is 18.5. The first-order valence-corrected chi connectivity index (χ1v) is 6.99. The first kappa shape index (κ1) is 18.6. The maximum absolute atomic E-state index is 9.49. The number of aliphatic hydroxyl groups is 1. The van der Waals surface area contributed by atoms with Gasteiger partial charge in [-0.2, -0.15) is 0 Å². The zero-order chi connectivity index (χ0) is 15.6. The molecule has 0 aliphatic carbocycles. The molecule has 1 aromatic carbocycles. The normalized spacial score (nSPS) is 12.2. The van der Waals surface area contributed by atoms with Crippen molar-refractivity contribution >= 4 is 5.97 Å². The molecule has 0 saturated heterocycles. The Morgan fingerprint density at radius 1 is 1.25 bits per heavy atom. The second kappa shape index (κ2) is 9.50. The number of aliphatic carboxylic acids is 1. The van der Waals surface area contributed by atoms with Gasteiger partial charge in [-0.15, -0.1) is 0 Å². The van der Waals surface area contributed by atoms with Crippen LogP contribution in [0.5, 0.6) is 0 Å². The molecule has 0 fully saturated rings. The molecule has 20 heavy (non-hydrogen) atoms. The van der Waals surface area contributed by atoms with Crippen LogP contribution in [0.4, 0.5) is 0 Å². The van der Waals surface area contributed by atoms with Gasteiger partial charge in [0.15, 0.2) is 0 Å². The lowest BCUT2D eigenvalue weighted by Gasteiger charge is -2.34. The molecule has 1 rings (SSSR count). The Hall–Kier alpha value is -1.39. The molecule has 0 bridgehead atoms. The molecule has 0 heterocycles. The number of carboxylic acids is 1. The Balaban J connectivity index is 0.000000511. The summed E-state index contributed by atoms with van der Waals surface area (Å²) in [4.78, 5) is 9.49. The monoisotopic (exact) mass is 281 g/mol. The lowest BCUT2D eigenvalue weighted by atomic mass is 10.0. The fraction of sp³-hybridized carbons (Fsp3) is 0.562. The van der Waals surface area contributed by atoms with Gasteiger partial charge < -0.3 is 19.5 Å². The number of quaternary nitrogens is 1. The van der Waals surface area contributed by atoms with Crippen LogP contribution >= 0.6 is 0 Å². The van der Waals surface area contributed by atoms with Crippen LogP contribution in [0.2, 0.25) is 0 Å². The van der Waals surface area contributed by atoms with Crippen molar-refractivity contribution in [3.63, 3.8) is 0 Å². The summed E-state index contributed by atoms with van der Waals surface area (Å²) in [6.45, 7) is 2.05. The molecule has 114 valence electrons. The number of carbonyl (C=O) groups excluding carboxylic acids is 1. The van der Waals surface area contributed by atoms with Crippen molar-refractivity contribution in [3.8, 4) is 0 Å². The lowest BCUT2D eigenvalue weighted by Crippen LogP contribution is -2.39. The summed E-state index contributed by atoms with van der Waals surface area (Å²) < 4.78 is 0.852. The zero-order valence-electron chi connectivity index (χ0n) is 13.0. The van der Waals surface area contributed by atoms with Crippen molar-refractivity contribution in [1.82, 2.24) is 0 Å². The third kappa shape index (κ3) is 7.92. The van der Waals surface area contributed by atoms with E-state index in [1.165, 1.54) is 5.56 Å². The number of benzene rings is 1. The maximum Gasteiger partial charge on any atom is 0.116 e. The van der Waals surface area contributed by atoms with Gasteiger partial charge in [-0.05, 0) is 6.42 Å². The molecule has 0 radical (unpaired) electrons. The Morgan fingerprint density at radius 3 is 2.10 bits per heavy atom. The largest absolute Gasteiger partial charge is 0.550 e. The van der Waals surface area contributed by atoms with Crippen molar-refractivity contribution < 1.29 is 19.5 Å². The minimum Gasteiger partial charge on any atom is -0.550 e. The van der Waals surface area contributed by atoms with Gasteiger partial charge in [-0.25, -0.2) is 0 Å². The highest BCUT2D eigenvalue weighted by molar-refractivity contribution is 5.63. The molecule has 0 saturated carbocycles. The molecular formula is C16H27NO3. The van der Waals surface area contributed by atoms with Crippen molar-refractivity contribution in [1.29, 1.82) is 0 Å². The van der Waals surface area contributed by atoms with Gasteiger partial charge in [0.05, 0.1) is 21.1 Å². The summed E-state index contributed by atoms with van der Waals surface area (Å²) in [6.07, 6.45) is 1.66. The van der Waals surface area contributed by atoms with E-state index in [0.717, 1.165) is 10.9 Å². The average molecular weight is 281 g/mol. The van der Waals surface area contributed by atoms with Gasteiger partial charge in [0.1, 0.15) is 6.04 Å². The Morgan fingerprint density at radius 2 is 1.80 bits per heavy atom. The van der Waals surface area contributed by atoms with E-state index in [4.69, 9.17) is 5.11 Å². The van der Waals surface area contributed by atoms with Crippen molar-refractivity contribution in [3.05, 3.63) is 35.9 Å². The Kier molecular flexibility index (Phi) is 8.84. The third-order valence-electron chi connectivity index (χ3n) is 2.98. The van der Waals surface area contributed by atoms with E-state index in [0.29, 0.717) is 12.5 Å². The predicted octanol–water partition coefficient (Wildman–Crippen LogP) is 1.35. The van der Waals surface area contributed by atoms with Gasteiger partial charge in [0.25, 0.3) is 0 Å². The molecule has 0 aliphatic rings. The summed E-state index contributed by atoms with van der Waals surface area (Å²) >= 11 is 0. The van der Waals surface area contributed by atoms with Crippen molar-refractivity contribution in [2.45, 2.75) is 32.2 Å². The van der Waals surface area contributed by atoms with Crippen molar-refractivity contribution in [2.24, 2.45) is 0 Å². The minimum absolute atomic E-state index is 0.181. The van der Waals surface area contributed by atoms with Crippen LogP contribution in [-0.4, -0.2) is 43.3 Å². The molecule has 1 N–H and O–H groups in total. The van der Waals surface area contributed by atoms with Crippen LogP contribution in [0.15, 0.2) is 30.3 Å². The van der Waals surface area contributed by atoms with Crippen LogP contribution in [0.25, 0.3) is 0 Å². The number of hydrogen-bond acceptors (Lipinski definition) is 3. The van der Waals surface area contributed by atoms with Gasteiger partial charge >= 0.3 is 0 Å². The lowest BCUT2D eigenvalue weighted by molar-refractivity contribution is -0.902. The molecule has 1 aromatic rings. The molecule has 4 heteroatoms. The second-order valence-electron chi connectivity index (χ2n) is 5.68. The standard InChI is InChI=1S/C12H20NO.C4H8O2/c1-13(2,3)12(9-10-14)11-7-5-4-6-8-11;1-2-3-4(5)6/h4-8,12,14H,9-10H2,1-3H3;2-3H2,1H3,(H,5,6)/q+1;/p-1. The van der Waals surface area contributed by atoms with E-state index in [-0.39, 0.29) is 13.0 Å². The molecule has 0 spiro atoms. The summed E-state index contributed by atoms with van der Waals surface area (Å²) in [5.74, 6) is -0.961. The average Bonchev–Trinajstić information content (AvgIpc) is 2.36.